The Morgan fingerprint density at radius 3 is 2.50 bits per heavy atom. The maximum Gasteiger partial charge on any atom is 0.223 e. The molecular weight excluding hydrogens is 322 g/mol. The van der Waals surface area contributed by atoms with Crippen molar-refractivity contribution in [3.63, 3.8) is 0 Å². The maximum atomic E-state index is 12.6. The molecule has 4 nitrogen and oxygen atoms in total. The van der Waals surface area contributed by atoms with E-state index in [0.29, 0.717) is 12.3 Å². The van der Waals surface area contributed by atoms with Crippen molar-refractivity contribution in [2.75, 3.05) is 13.1 Å². The van der Waals surface area contributed by atoms with Gasteiger partial charge in [0, 0.05) is 50.5 Å². The lowest BCUT2D eigenvalue weighted by Crippen LogP contribution is -2.52. The van der Waals surface area contributed by atoms with Crippen molar-refractivity contribution >= 4 is 5.91 Å². The molecule has 2 saturated heterocycles. The Labute approximate surface area is 155 Å². The zero-order valence-electron chi connectivity index (χ0n) is 15.5. The number of hydrogen-bond donors (Lipinski definition) is 0. The molecule has 1 aromatic heterocycles. The maximum absolute atomic E-state index is 12.6. The predicted octanol–water partition coefficient (Wildman–Crippen LogP) is 3.55. The molecule has 4 rings (SSSR count). The topological polar surface area (TPSA) is 36.4 Å². The minimum Gasteiger partial charge on any atom is -0.333 e. The molecule has 2 aliphatic rings. The van der Waals surface area contributed by atoms with Gasteiger partial charge in [-0.1, -0.05) is 29.8 Å². The monoisotopic (exact) mass is 349 g/mol. The van der Waals surface area contributed by atoms with Crippen LogP contribution in [0.25, 0.3) is 0 Å². The fourth-order valence-electron chi connectivity index (χ4n) is 4.52. The third-order valence-electron chi connectivity index (χ3n) is 6.04. The van der Waals surface area contributed by atoms with Crippen LogP contribution in [0.3, 0.4) is 0 Å². The Kier molecular flexibility index (Phi) is 4.77. The van der Waals surface area contributed by atoms with Crippen LogP contribution in [0, 0.1) is 6.92 Å². The van der Waals surface area contributed by atoms with Crippen molar-refractivity contribution in [1.29, 1.82) is 0 Å². The molecule has 0 N–H and O–H groups in total. The van der Waals surface area contributed by atoms with Crippen LogP contribution in [0.5, 0.6) is 0 Å². The highest BCUT2D eigenvalue weighted by Gasteiger charge is 2.46. The molecule has 2 aromatic rings. The Balaban J connectivity index is 1.43. The van der Waals surface area contributed by atoms with Crippen LogP contribution in [0.4, 0.5) is 0 Å². The zero-order valence-corrected chi connectivity index (χ0v) is 15.5. The first-order valence-corrected chi connectivity index (χ1v) is 9.62. The molecule has 0 bridgehead atoms. The molecular formula is C22H27N3O. The molecule has 2 aliphatic heterocycles. The van der Waals surface area contributed by atoms with E-state index in [1.165, 1.54) is 16.7 Å². The van der Waals surface area contributed by atoms with Crippen LogP contribution < -0.4 is 0 Å². The van der Waals surface area contributed by atoms with Crippen LogP contribution in [-0.2, 0) is 17.9 Å². The number of amides is 1. The van der Waals surface area contributed by atoms with Crippen LogP contribution >= 0.6 is 0 Å². The lowest BCUT2D eigenvalue weighted by atomic mass is 9.84. The summed E-state index contributed by atoms with van der Waals surface area (Å²) >= 11 is 0. The first-order valence-electron chi connectivity index (χ1n) is 9.62. The number of carbonyl (C=O) groups excluding carboxylic acids is 1. The smallest absolute Gasteiger partial charge is 0.223 e. The third kappa shape index (κ3) is 3.51. The van der Waals surface area contributed by atoms with Gasteiger partial charge in [0.2, 0.25) is 5.91 Å². The second-order valence-electron chi connectivity index (χ2n) is 7.82. The number of nitrogens with zero attached hydrogens (tertiary/aromatic N) is 3. The lowest BCUT2D eigenvalue weighted by Gasteiger charge is -2.45. The summed E-state index contributed by atoms with van der Waals surface area (Å²) in [5, 5.41) is 0. The number of pyridine rings is 1. The van der Waals surface area contributed by atoms with Crippen LogP contribution in [0.2, 0.25) is 0 Å². The Hall–Kier alpha value is -2.20. The number of rotatable bonds is 4. The molecule has 3 heterocycles. The average Bonchev–Trinajstić information content (AvgIpc) is 2.94. The summed E-state index contributed by atoms with van der Waals surface area (Å²) in [6.07, 6.45) is 7.60. The van der Waals surface area contributed by atoms with E-state index in [9.17, 15) is 4.79 Å². The second kappa shape index (κ2) is 7.20. The first kappa shape index (κ1) is 17.2. The van der Waals surface area contributed by atoms with Gasteiger partial charge < -0.3 is 4.90 Å². The minimum atomic E-state index is 0.0651. The molecule has 1 aromatic carbocycles. The number of piperidine rings is 1. The van der Waals surface area contributed by atoms with E-state index < -0.39 is 0 Å². The van der Waals surface area contributed by atoms with Gasteiger partial charge in [0.25, 0.3) is 0 Å². The lowest BCUT2D eigenvalue weighted by molar-refractivity contribution is -0.133. The van der Waals surface area contributed by atoms with Gasteiger partial charge in [-0.15, -0.1) is 0 Å². The fraction of sp³-hybridized carbons (Fsp3) is 0.455. The second-order valence-corrected chi connectivity index (χ2v) is 7.82. The van der Waals surface area contributed by atoms with E-state index in [-0.39, 0.29) is 5.54 Å². The molecule has 26 heavy (non-hydrogen) atoms. The summed E-state index contributed by atoms with van der Waals surface area (Å²) in [6.45, 7) is 5.96. The molecule has 0 aliphatic carbocycles. The molecule has 4 heteroatoms. The first-order chi connectivity index (χ1) is 12.6. The van der Waals surface area contributed by atoms with E-state index in [1.54, 1.807) is 0 Å². The van der Waals surface area contributed by atoms with Crippen LogP contribution in [0.15, 0.2) is 48.8 Å². The Morgan fingerprint density at radius 2 is 1.77 bits per heavy atom. The van der Waals surface area contributed by atoms with E-state index in [0.717, 1.165) is 45.4 Å². The summed E-state index contributed by atoms with van der Waals surface area (Å²) < 4.78 is 0. The highest BCUT2D eigenvalue weighted by Crippen LogP contribution is 2.40. The summed E-state index contributed by atoms with van der Waals surface area (Å²) in [5.74, 6) is 0.328. The van der Waals surface area contributed by atoms with Crippen LogP contribution in [-0.4, -0.2) is 39.3 Å². The van der Waals surface area contributed by atoms with Gasteiger partial charge in [-0.25, -0.2) is 0 Å². The highest BCUT2D eigenvalue weighted by molar-refractivity contribution is 5.79. The number of likely N-dealkylation sites (tertiary alicyclic amines) is 2. The van der Waals surface area contributed by atoms with Gasteiger partial charge in [0.1, 0.15) is 0 Å². The Bertz CT molecular complexity index is 766. The molecule has 0 atom stereocenters. The van der Waals surface area contributed by atoms with Crippen LogP contribution in [0.1, 0.15) is 42.4 Å². The predicted molar refractivity (Wildman–Crippen MR) is 102 cm³/mol. The van der Waals surface area contributed by atoms with Gasteiger partial charge in [-0.2, -0.15) is 0 Å². The molecule has 1 amide bonds. The van der Waals surface area contributed by atoms with Crippen molar-refractivity contribution in [3.05, 3.63) is 65.5 Å². The number of carbonyl (C=O) groups is 1. The molecule has 0 saturated carbocycles. The molecule has 136 valence electrons. The highest BCUT2D eigenvalue weighted by atomic mass is 16.2. The van der Waals surface area contributed by atoms with Gasteiger partial charge in [-0.05, 0) is 49.4 Å². The number of aromatic nitrogens is 1. The summed E-state index contributed by atoms with van der Waals surface area (Å²) in [7, 11) is 0. The van der Waals surface area contributed by atoms with Crippen molar-refractivity contribution in [2.45, 2.75) is 51.2 Å². The minimum absolute atomic E-state index is 0.0651. The molecule has 0 radical (unpaired) electrons. The fourth-order valence-corrected chi connectivity index (χ4v) is 4.52. The van der Waals surface area contributed by atoms with Gasteiger partial charge in [0.15, 0.2) is 0 Å². The summed E-state index contributed by atoms with van der Waals surface area (Å²) in [4.78, 5) is 21.4. The van der Waals surface area contributed by atoms with Gasteiger partial charge in [-0.3, -0.25) is 14.7 Å². The summed E-state index contributed by atoms with van der Waals surface area (Å²) in [6, 6.07) is 12.7. The average molecular weight is 349 g/mol. The van der Waals surface area contributed by atoms with Gasteiger partial charge >= 0.3 is 0 Å². The van der Waals surface area contributed by atoms with E-state index in [2.05, 4.69) is 58.1 Å². The van der Waals surface area contributed by atoms with Crippen molar-refractivity contribution in [1.82, 2.24) is 14.8 Å². The van der Waals surface area contributed by atoms with Crippen molar-refractivity contribution in [2.24, 2.45) is 0 Å². The standard InChI is InChI=1S/C22H27N3O/c1-18-3-2-4-20(15-18)17-25-21(26)5-8-22(25)9-13-24(14-10-22)16-19-6-11-23-12-7-19/h2-4,6-7,11-12,15H,5,8-10,13-14,16-17H2,1H3. The molecule has 1 spiro atoms. The van der Waals surface area contributed by atoms with Crippen molar-refractivity contribution in [3.8, 4) is 0 Å². The SMILES string of the molecule is Cc1cccc(CN2C(=O)CCC23CCN(Cc2ccncc2)CC3)c1. The number of hydrogen-bond acceptors (Lipinski definition) is 3. The summed E-state index contributed by atoms with van der Waals surface area (Å²) in [5.41, 5.74) is 3.89. The Morgan fingerprint density at radius 1 is 1.00 bits per heavy atom. The van der Waals surface area contributed by atoms with E-state index >= 15 is 0 Å². The van der Waals surface area contributed by atoms with Gasteiger partial charge in [0.05, 0.1) is 0 Å². The number of benzene rings is 1. The quantitative estimate of drug-likeness (QED) is 0.847. The molecule has 0 unspecified atom stereocenters. The van der Waals surface area contributed by atoms with E-state index in [4.69, 9.17) is 0 Å². The third-order valence-corrected chi connectivity index (χ3v) is 6.04. The number of aryl methyl sites for hydroxylation is 1. The normalized spacial score (nSPS) is 20.0. The van der Waals surface area contributed by atoms with E-state index in [1.807, 2.05) is 12.4 Å². The van der Waals surface area contributed by atoms with Crippen molar-refractivity contribution < 1.29 is 4.79 Å². The largest absolute Gasteiger partial charge is 0.333 e. The molecule has 2 fully saturated rings. The zero-order chi connectivity index (χ0) is 18.0.